The van der Waals surface area contributed by atoms with E-state index in [0.29, 0.717) is 19.4 Å². The van der Waals surface area contributed by atoms with Crippen LogP contribution in [0.15, 0.2) is 30.5 Å². The van der Waals surface area contributed by atoms with Crippen molar-refractivity contribution in [1.82, 2.24) is 20.9 Å². The Morgan fingerprint density at radius 1 is 0.944 bits per heavy atom. The van der Waals surface area contributed by atoms with Crippen LogP contribution in [-0.2, 0) is 25.6 Å². The molecule has 2 aromatic rings. The predicted octanol–water partition coefficient (Wildman–Crippen LogP) is 0.382. The molecule has 9 N–H and O–H groups in total. The van der Waals surface area contributed by atoms with Gasteiger partial charge in [0.05, 0.1) is 6.04 Å². The number of hydrogen-bond acceptors (Lipinski definition) is 6. The fraction of sp³-hybridized carbons (Fsp3) is 0.520. The number of hydrogen-bond donors (Lipinski definition) is 7. The highest BCUT2D eigenvalue weighted by Crippen LogP contribution is 2.19. The van der Waals surface area contributed by atoms with Gasteiger partial charge < -0.3 is 37.5 Å². The predicted molar refractivity (Wildman–Crippen MR) is 137 cm³/mol. The Labute approximate surface area is 210 Å². The highest BCUT2D eigenvalue weighted by molar-refractivity contribution is 5.94. The zero-order chi connectivity index (χ0) is 26.8. The van der Waals surface area contributed by atoms with Crippen LogP contribution in [0.4, 0.5) is 0 Å². The average molecular weight is 503 g/mol. The number of aromatic amines is 1. The van der Waals surface area contributed by atoms with E-state index >= 15 is 0 Å². The number of carboxylic acid groups (broad SMARTS) is 1. The molecule has 0 spiro atoms. The summed E-state index contributed by atoms with van der Waals surface area (Å²) >= 11 is 0. The van der Waals surface area contributed by atoms with Crippen molar-refractivity contribution in [3.63, 3.8) is 0 Å². The summed E-state index contributed by atoms with van der Waals surface area (Å²) in [5.41, 5.74) is 12.8. The third-order valence-electron chi connectivity index (χ3n) is 5.95. The van der Waals surface area contributed by atoms with Crippen molar-refractivity contribution in [3.05, 3.63) is 36.0 Å². The molecule has 1 aromatic heterocycles. The van der Waals surface area contributed by atoms with Crippen molar-refractivity contribution in [2.45, 2.75) is 70.6 Å². The summed E-state index contributed by atoms with van der Waals surface area (Å²) < 4.78 is 0. The molecule has 0 fully saturated rings. The van der Waals surface area contributed by atoms with E-state index in [-0.39, 0.29) is 18.8 Å². The molecule has 4 atom stereocenters. The number of amides is 3. The molecule has 0 aliphatic rings. The van der Waals surface area contributed by atoms with Gasteiger partial charge in [-0.15, -0.1) is 0 Å². The molecule has 3 amide bonds. The first-order chi connectivity index (χ1) is 17.0. The van der Waals surface area contributed by atoms with Crippen molar-refractivity contribution in [3.8, 4) is 0 Å². The van der Waals surface area contributed by atoms with Gasteiger partial charge in [0.15, 0.2) is 0 Å². The Bertz CT molecular complexity index is 1050. The molecule has 0 aliphatic heterocycles. The van der Waals surface area contributed by atoms with Crippen LogP contribution in [0.2, 0.25) is 0 Å². The molecule has 11 heteroatoms. The maximum absolute atomic E-state index is 13.2. The Morgan fingerprint density at radius 3 is 2.22 bits per heavy atom. The van der Waals surface area contributed by atoms with Gasteiger partial charge in [0.1, 0.15) is 18.1 Å². The number of unbranched alkanes of at least 4 members (excludes halogenated alkanes) is 1. The average Bonchev–Trinajstić information content (AvgIpc) is 3.23. The lowest BCUT2D eigenvalue weighted by Gasteiger charge is -2.26. The van der Waals surface area contributed by atoms with Gasteiger partial charge in [-0.1, -0.05) is 32.0 Å². The zero-order valence-electron chi connectivity index (χ0n) is 21.0. The molecule has 11 nitrogen and oxygen atoms in total. The summed E-state index contributed by atoms with van der Waals surface area (Å²) in [4.78, 5) is 53.4. The highest BCUT2D eigenvalue weighted by atomic mass is 16.4. The summed E-state index contributed by atoms with van der Waals surface area (Å²) in [5.74, 6) is -3.11. The van der Waals surface area contributed by atoms with Gasteiger partial charge in [0.2, 0.25) is 17.7 Å². The minimum Gasteiger partial charge on any atom is -0.480 e. The topological polar surface area (TPSA) is 192 Å². The van der Waals surface area contributed by atoms with Crippen LogP contribution in [0, 0.1) is 5.92 Å². The molecule has 0 aliphatic carbocycles. The van der Waals surface area contributed by atoms with E-state index < -0.39 is 47.9 Å². The van der Waals surface area contributed by atoms with Gasteiger partial charge in [0.25, 0.3) is 0 Å². The third-order valence-corrected chi connectivity index (χ3v) is 5.95. The Morgan fingerprint density at radius 2 is 1.61 bits per heavy atom. The molecular formula is C25H38N6O5. The summed E-state index contributed by atoms with van der Waals surface area (Å²) in [6, 6.07) is 3.57. The second kappa shape index (κ2) is 13.6. The fourth-order valence-corrected chi connectivity index (χ4v) is 3.84. The number of para-hydroxylation sites is 1. The summed E-state index contributed by atoms with van der Waals surface area (Å²) in [6.45, 7) is 5.45. The van der Waals surface area contributed by atoms with Crippen molar-refractivity contribution < 1.29 is 24.3 Å². The maximum atomic E-state index is 13.2. The monoisotopic (exact) mass is 502 g/mol. The Hall–Kier alpha value is -3.44. The molecule has 1 heterocycles. The first-order valence-corrected chi connectivity index (χ1v) is 12.2. The molecule has 0 bridgehead atoms. The summed E-state index contributed by atoms with van der Waals surface area (Å²) in [7, 11) is 0. The molecular weight excluding hydrogens is 464 g/mol. The van der Waals surface area contributed by atoms with Crippen LogP contribution >= 0.6 is 0 Å². The van der Waals surface area contributed by atoms with E-state index in [4.69, 9.17) is 11.5 Å². The largest absolute Gasteiger partial charge is 0.480 e. The fourth-order valence-electron chi connectivity index (χ4n) is 3.84. The molecule has 0 saturated heterocycles. The number of rotatable bonds is 14. The van der Waals surface area contributed by atoms with Gasteiger partial charge >= 0.3 is 5.97 Å². The number of benzene rings is 1. The summed E-state index contributed by atoms with van der Waals surface area (Å²) in [5, 5.41) is 18.5. The molecule has 0 saturated carbocycles. The molecule has 2 rings (SSSR count). The summed E-state index contributed by atoms with van der Waals surface area (Å²) in [6.07, 6.45) is 3.23. The number of aliphatic carboxylic acids is 1. The zero-order valence-corrected chi connectivity index (χ0v) is 21.0. The van der Waals surface area contributed by atoms with Gasteiger partial charge in [-0.25, -0.2) is 4.79 Å². The van der Waals surface area contributed by atoms with Crippen LogP contribution in [0.1, 0.15) is 45.6 Å². The standard InChI is InChI=1S/C25H38N6O5/c1-14(2)21(31-22(32)15(3)27)24(34)29-19(10-6-7-11-26)23(33)30-20(25(35)36)12-16-13-28-18-9-5-4-8-17(16)18/h4-5,8-9,13-15,19-21,28H,6-7,10-12,26-27H2,1-3H3,(H,29,34)(H,30,33)(H,31,32)(H,35,36). The minimum atomic E-state index is -1.20. The molecule has 0 radical (unpaired) electrons. The van der Waals surface area contributed by atoms with E-state index in [1.165, 1.54) is 6.92 Å². The lowest BCUT2D eigenvalue weighted by Crippen LogP contribution is -2.58. The first-order valence-electron chi connectivity index (χ1n) is 12.2. The van der Waals surface area contributed by atoms with Crippen LogP contribution in [0.5, 0.6) is 0 Å². The number of nitrogens with one attached hydrogen (secondary N) is 4. The van der Waals surface area contributed by atoms with E-state index in [1.807, 2.05) is 24.3 Å². The van der Waals surface area contributed by atoms with Gasteiger partial charge in [0, 0.05) is 23.5 Å². The molecule has 4 unspecified atom stereocenters. The number of fused-ring (bicyclic) bond motifs is 1. The van der Waals surface area contributed by atoms with Crippen LogP contribution < -0.4 is 27.4 Å². The second-order valence-corrected chi connectivity index (χ2v) is 9.33. The number of H-pyrrole nitrogens is 1. The number of carbonyl (C=O) groups is 4. The maximum Gasteiger partial charge on any atom is 0.326 e. The van der Waals surface area contributed by atoms with E-state index in [9.17, 15) is 24.3 Å². The Kier molecular flexibility index (Phi) is 10.9. The second-order valence-electron chi connectivity index (χ2n) is 9.33. The first kappa shape index (κ1) is 28.8. The number of nitrogens with two attached hydrogens (primary N) is 2. The Balaban J connectivity index is 2.17. The van der Waals surface area contributed by atoms with Gasteiger partial charge in [-0.2, -0.15) is 0 Å². The van der Waals surface area contributed by atoms with Gasteiger partial charge in [-0.05, 0) is 50.3 Å². The molecule has 198 valence electrons. The lowest BCUT2D eigenvalue weighted by atomic mass is 10.0. The van der Waals surface area contributed by atoms with Crippen molar-refractivity contribution >= 4 is 34.6 Å². The normalized spacial score (nSPS) is 14.6. The van der Waals surface area contributed by atoms with Gasteiger partial charge in [-0.3, -0.25) is 14.4 Å². The van der Waals surface area contributed by atoms with Crippen molar-refractivity contribution in [1.29, 1.82) is 0 Å². The van der Waals surface area contributed by atoms with Crippen LogP contribution in [0.3, 0.4) is 0 Å². The van der Waals surface area contributed by atoms with Crippen molar-refractivity contribution in [2.75, 3.05) is 6.54 Å². The minimum absolute atomic E-state index is 0.0631. The third kappa shape index (κ3) is 8.06. The number of carboxylic acids is 1. The van der Waals surface area contributed by atoms with Crippen LogP contribution in [-0.4, -0.2) is 64.5 Å². The van der Waals surface area contributed by atoms with E-state index in [0.717, 1.165) is 16.5 Å². The smallest absolute Gasteiger partial charge is 0.326 e. The van der Waals surface area contributed by atoms with Crippen LogP contribution in [0.25, 0.3) is 10.9 Å². The molecule has 36 heavy (non-hydrogen) atoms. The SMILES string of the molecule is CC(N)C(=O)NC(C(=O)NC(CCCCN)C(=O)NC(Cc1c[nH]c2ccccc12)C(=O)O)C(C)C. The lowest BCUT2D eigenvalue weighted by molar-refractivity contribution is -0.142. The molecule has 1 aromatic carbocycles. The quantitative estimate of drug-likeness (QED) is 0.181. The highest BCUT2D eigenvalue weighted by Gasteiger charge is 2.31. The number of carbonyl (C=O) groups excluding carboxylic acids is 3. The number of aromatic nitrogens is 1. The van der Waals surface area contributed by atoms with E-state index in [1.54, 1.807) is 20.0 Å². The van der Waals surface area contributed by atoms with E-state index in [2.05, 4.69) is 20.9 Å². The van der Waals surface area contributed by atoms with Crippen molar-refractivity contribution in [2.24, 2.45) is 17.4 Å².